The Balaban J connectivity index is 1.66. The van der Waals surface area contributed by atoms with Crippen LogP contribution in [0.3, 0.4) is 0 Å². The maximum atomic E-state index is 12.2. The number of aromatic carboxylic acids is 1. The molecule has 0 atom stereocenters. The van der Waals surface area contributed by atoms with Gasteiger partial charge in [-0.2, -0.15) is 0 Å². The first-order valence-electron chi connectivity index (χ1n) is 8.13. The molecule has 0 fully saturated rings. The van der Waals surface area contributed by atoms with E-state index < -0.39 is 17.8 Å². The van der Waals surface area contributed by atoms with Gasteiger partial charge in [0.15, 0.2) is 0 Å². The topological polar surface area (TPSA) is 98.3 Å². The number of carbonyl (C=O) groups excluding carboxylic acids is 3. The van der Waals surface area contributed by atoms with Crippen molar-refractivity contribution in [3.05, 3.63) is 95.6 Å². The SMILES string of the molecule is O=C(NNC(=O)c1ccccc1C(=O)[O-])c1ccc(-c2ccccc2)cc1. The van der Waals surface area contributed by atoms with Gasteiger partial charge in [-0.3, -0.25) is 20.4 Å². The van der Waals surface area contributed by atoms with E-state index >= 15 is 0 Å². The van der Waals surface area contributed by atoms with Crippen molar-refractivity contribution < 1.29 is 19.5 Å². The number of carboxylic acids is 1. The summed E-state index contributed by atoms with van der Waals surface area (Å²) >= 11 is 0. The van der Waals surface area contributed by atoms with Crippen LogP contribution < -0.4 is 16.0 Å². The van der Waals surface area contributed by atoms with Crippen LogP contribution in [0.4, 0.5) is 0 Å². The van der Waals surface area contributed by atoms with Gasteiger partial charge in [-0.1, -0.05) is 60.7 Å². The summed E-state index contributed by atoms with van der Waals surface area (Å²) in [4.78, 5) is 35.4. The fourth-order valence-corrected chi connectivity index (χ4v) is 2.56. The third kappa shape index (κ3) is 4.19. The molecule has 0 spiro atoms. The highest BCUT2D eigenvalue weighted by Gasteiger charge is 2.13. The van der Waals surface area contributed by atoms with E-state index in [0.29, 0.717) is 5.56 Å². The van der Waals surface area contributed by atoms with Gasteiger partial charge in [-0.25, -0.2) is 0 Å². The molecule has 2 N–H and O–H groups in total. The lowest BCUT2D eigenvalue weighted by Crippen LogP contribution is -2.42. The van der Waals surface area contributed by atoms with Gasteiger partial charge in [0.2, 0.25) is 0 Å². The highest BCUT2D eigenvalue weighted by molar-refractivity contribution is 6.05. The summed E-state index contributed by atoms with van der Waals surface area (Å²) in [6, 6.07) is 22.2. The average Bonchev–Trinajstić information content (AvgIpc) is 2.72. The second-order valence-corrected chi connectivity index (χ2v) is 5.68. The molecular formula is C21H15N2O4-. The quantitative estimate of drug-likeness (QED) is 0.694. The van der Waals surface area contributed by atoms with E-state index in [4.69, 9.17) is 0 Å². The van der Waals surface area contributed by atoms with E-state index in [9.17, 15) is 19.5 Å². The van der Waals surface area contributed by atoms with Crippen molar-refractivity contribution in [1.82, 2.24) is 10.9 Å². The Hall–Kier alpha value is -3.93. The van der Waals surface area contributed by atoms with E-state index in [2.05, 4.69) is 10.9 Å². The van der Waals surface area contributed by atoms with Crippen molar-refractivity contribution in [3.63, 3.8) is 0 Å². The molecule has 0 aromatic heterocycles. The third-order valence-corrected chi connectivity index (χ3v) is 3.94. The minimum absolute atomic E-state index is 0.0998. The van der Waals surface area contributed by atoms with Crippen molar-refractivity contribution in [2.24, 2.45) is 0 Å². The van der Waals surface area contributed by atoms with Crippen molar-refractivity contribution in [2.45, 2.75) is 0 Å². The lowest BCUT2D eigenvalue weighted by molar-refractivity contribution is -0.255. The van der Waals surface area contributed by atoms with E-state index in [1.165, 1.54) is 24.3 Å². The predicted octanol–water partition coefficient (Wildman–Crippen LogP) is 1.79. The average molecular weight is 359 g/mol. The van der Waals surface area contributed by atoms with Gasteiger partial charge in [0, 0.05) is 11.1 Å². The molecule has 6 heteroatoms. The van der Waals surface area contributed by atoms with Crippen LogP contribution in [-0.4, -0.2) is 17.8 Å². The number of nitrogens with one attached hydrogen (secondary N) is 2. The first-order valence-corrected chi connectivity index (χ1v) is 8.13. The highest BCUT2D eigenvalue weighted by atomic mass is 16.4. The van der Waals surface area contributed by atoms with E-state index in [-0.39, 0.29) is 11.1 Å². The summed E-state index contributed by atoms with van der Waals surface area (Å²) in [6.07, 6.45) is 0. The van der Waals surface area contributed by atoms with Crippen molar-refractivity contribution in [2.75, 3.05) is 0 Å². The van der Waals surface area contributed by atoms with Crippen LogP contribution in [0.5, 0.6) is 0 Å². The smallest absolute Gasteiger partial charge is 0.270 e. The van der Waals surface area contributed by atoms with Gasteiger partial charge < -0.3 is 9.90 Å². The Morgan fingerprint density at radius 1 is 0.593 bits per heavy atom. The largest absolute Gasteiger partial charge is 0.545 e. The van der Waals surface area contributed by atoms with Crippen LogP contribution in [-0.2, 0) is 0 Å². The fraction of sp³-hybridized carbons (Fsp3) is 0. The van der Waals surface area contributed by atoms with E-state index in [1.807, 2.05) is 30.3 Å². The maximum absolute atomic E-state index is 12.2. The lowest BCUT2D eigenvalue weighted by atomic mass is 10.0. The van der Waals surface area contributed by atoms with Gasteiger partial charge in [0.05, 0.1) is 11.5 Å². The Morgan fingerprint density at radius 3 is 1.74 bits per heavy atom. The predicted molar refractivity (Wildman–Crippen MR) is 97.6 cm³/mol. The molecule has 27 heavy (non-hydrogen) atoms. The Labute approximate surface area is 155 Å². The summed E-state index contributed by atoms with van der Waals surface area (Å²) in [7, 11) is 0. The zero-order valence-corrected chi connectivity index (χ0v) is 14.1. The third-order valence-electron chi connectivity index (χ3n) is 3.94. The van der Waals surface area contributed by atoms with Gasteiger partial charge in [-0.05, 0) is 29.3 Å². The van der Waals surface area contributed by atoms with Crippen molar-refractivity contribution in [1.29, 1.82) is 0 Å². The molecule has 3 rings (SSSR count). The van der Waals surface area contributed by atoms with Crippen LogP contribution in [0.2, 0.25) is 0 Å². The lowest BCUT2D eigenvalue weighted by Gasteiger charge is -2.11. The molecule has 0 heterocycles. The molecule has 0 saturated carbocycles. The molecule has 0 unspecified atom stereocenters. The van der Waals surface area contributed by atoms with Crippen molar-refractivity contribution >= 4 is 17.8 Å². The second kappa shape index (κ2) is 7.97. The summed E-state index contributed by atoms with van der Waals surface area (Å²) in [5.41, 5.74) is 6.46. The Bertz CT molecular complexity index is 983. The summed E-state index contributed by atoms with van der Waals surface area (Å²) < 4.78 is 0. The fourth-order valence-electron chi connectivity index (χ4n) is 2.56. The minimum Gasteiger partial charge on any atom is -0.545 e. The zero-order chi connectivity index (χ0) is 19.2. The first-order chi connectivity index (χ1) is 13.1. The van der Waals surface area contributed by atoms with Crippen molar-refractivity contribution in [3.8, 4) is 11.1 Å². The normalized spacial score (nSPS) is 10.1. The number of rotatable bonds is 4. The molecule has 0 aliphatic carbocycles. The molecule has 0 aliphatic heterocycles. The molecule has 134 valence electrons. The number of carbonyl (C=O) groups is 3. The molecule has 0 bridgehead atoms. The Kier molecular flexibility index (Phi) is 5.28. The number of hydrogen-bond donors (Lipinski definition) is 2. The van der Waals surface area contributed by atoms with Crippen LogP contribution in [0.15, 0.2) is 78.9 Å². The molecule has 0 aliphatic rings. The second-order valence-electron chi connectivity index (χ2n) is 5.68. The molecule has 0 saturated heterocycles. The molecule has 3 aromatic rings. The standard InChI is InChI=1S/C21H16N2O4/c24-19(16-12-10-15(11-13-16)14-6-2-1-3-7-14)22-23-20(25)17-8-4-5-9-18(17)21(26)27/h1-13H,(H,22,24)(H,23,25)(H,26,27)/p-1. The van der Waals surface area contributed by atoms with Gasteiger partial charge in [0.1, 0.15) is 0 Å². The number of hydrazine groups is 1. The number of hydrogen-bond acceptors (Lipinski definition) is 4. The maximum Gasteiger partial charge on any atom is 0.270 e. The minimum atomic E-state index is -1.47. The Morgan fingerprint density at radius 2 is 1.11 bits per heavy atom. The summed E-state index contributed by atoms with van der Waals surface area (Å²) in [6.45, 7) is 0. The highest BCUT2D eigenvalue weighted by Crippen LogP contribution is 2.19. The van der Waals surface area contributed by atoms with E-state index in [1.54, 1.807) is 24.3 Å². The molecule has 2 amide bonds. The van der Waals surface area contributed by atoms with Crippen LogP contribution in [0.25, 0.3) is 11.1 Å². The number of amides is 2. The van der Waals surface area contributed by atoms with E-state index in [0.717, 1.165) is 11.1 Å². The number of carboxylic acid groups (broad SMARTS) is 1. The van der Waals surface area contributed by atoms with Crippen LogP contribution in [0.1, 0.15) is 31.1 Å². The van der Waals surface area contributed by atoms with Crippen LogP contribution >= 0.6 is 0 Å². The molecule has 6 nitrogen and oxygen atoms in total. The van der Waals surface area contributed by atoms with Crippen LogP contribution in [0, 0.1) is 0 Å². The van der Waals surface area contributed by atoms with Gasteiger partial charge in [-0.15, -0.1) is 0 Å². The summed E-state index contributed by atoms with van der Waals surface area (Å²) in [5.74, 6) is -2.73. The number of benzene rings is 3. The van der Waals surface area contributed by atoms with Gasteiger partial charge in [0.25, 0.3) is 11.8 Å². The molecule has 0 radical (unpaired) electrons. The summed E-state index contributed by atoms with van der Waals surface area (Å²) in [5, 5.41) is 11.1. The monoisotopic (exact) mass is 359 g/mol. The molecular weight excluding hydrogens is 344 g/mol. The van der Waals surface area contributed by atoms with Gasteiger partial charge >= 0.3 is 0 Å². The molecule has 3 aromatic carbocycles. The zero-order valence-electron chi connectivity index (χ0n) is 14.1. The first kappa shape index (κ1) is 17.9.